The first-order chi connectivity index (χ1) is 46.5. The molecule has 97 heavy (non-hydrogen) atoms. The fraction of sp³-hybridized carbons (Fsp3) is 0.317. The summed E-state index contributed by atoms with van der Waals surface area (Å²) in [5.41, 5.74) is 18.7. The van der Waals surface area contributed by atoms with Gasteiger partial charge in [0.2, 0.25) is 0 Å². The van der Waals surface area contributed by atoms with E-state index in [0.29, 0.717) is 23.7 Å². The van der Waals surface area contributed by atoms with E-state index in [-0.39, 0.29) is 39.6 Å². The molecule has 9 nitrogen and oxygen atoms in total. The van der Waals surface area contributed by atoms with Crippen LogP contribution in [0.5, 0.6) is 0 Å². The first-order valence-electron chi connectivity index (χ1n) is 33.3. The quantitative estimate of drug-likeness (QED) is 0.0370. The van der Waals surface area contributed by atoms with Crippen LogP contribution in [0.15, 0.2) is 233 Å². The van der Waals surface area contributed by atoms with Crippen molar-refractivity contribution in [2.75, 3.05) is 19.0 Å². The van der Waals surface area contributed by atoms with Gasteiger partial charge in [-0.3, -0.25) is 14.9 Å². The fourth-order valence-electron chi connectivity index (χ4n) is 11.5. The molecular weight excluding hydrogens is 1510 g/mol. The van der Waals surface area contributed by atoms with Gasteiger partial charge in [0, 0.05) is 66.8 Å². The van der Waals surface area contributed by atoms with Gasteiger partial charge in [0.05, 0.1) is 22.7 Å². The minimum atomic E-state index is -0.106. The number of pyridine rings is 2. The molecule has 0 spiro atoms. The van der Waals surface area contributed by atoms with E-state index in [4.69, 9.17) is 39.0 Å². The van der Waals surface area contributed by atoms with E-state index in [9.17, 15) is 0 Å². The van der Waals surface area contributed by atoms with Gasteiger partial charge in [-0.2, -0.15) is 0 Å². The van der Waals surface area contributed by atoms with Crippen LogP contribution in [0.25, 0.3) is 0 Å². The van der Waals surface area contributed by atoms with Crippen molar-refractivity contribution in [3.05, 3.63) is 280 Å². The van der Waals surface area contributed by atoms with Gasteiger partial charge in [0.1, 0.15) is 11.7 Å². The zero-order valence-electron chi connectivity index (χ0n) is 59.5. The van der Waals surface area contributed by atoms with Crippen molar-refractivity contribution in [3.63, 3.8) is 0 Å². The monoisotopic (exact) mass is 1600 g/mol. The van der Waals surface area contributed by atoms with E-state index >= 15 is 0 Å². The Morgan fingerprint density at radius 3 is 0.784 bits per heavy atom. The molecule has 0 aliphatic heterocycles. The van der Waals surface area contributed by atoms with Crippen LogP contribution in [-0.2, 0) is 26.8 Å². The molecule has 0 atom stereocenters. The molecule has 0 aliphatic carbocycles. The van der Waals surface area contributed by atoms with E-state index in [1.807, 2.05) is 30.6 Å². The summed E-state index contributed by atoms with van der Waals surface area (Å²) in [7, 11) is 15.0. The number of amidine groups is 4. The molecular formula is C82H97Br2Cl2N9NiPd. The number of benzene rings is 7. The van der Waals surface area contributed by atoms with Gasteiger partial charge < -0.3 is 0 Å². The topological polar surface area (TPSA) is 84.9 Å². The van der Waals surface area contributed by atoms with Crippen molar-refractivity contribution in [2.45, 2.75) is 158 Å². The maximum atomic E-state index is 5.65. The molecule has 15 heteroatoms. The standard InChI is InChI=1S/C42H47N5.C40H50N4.2BrH.2ClH.Ni.Pd/c1-28(2)35-20-12-21-36(29(3)4)39(35)45-41(32-16-14-24-43-26-32)47(34-18-10-9-11-19-34)42(33-17-15-25-44-27-33)46-40-37(30(5)6)22-13-23-38(40)31(7)8;1-27(2)33-23-17-24-34(28(3)4)37(33)41-39(31-19-13-11-14-20-31)44(43(9)10)40(32-21-15-12-16-22-32)42-38-35(29(5)6)25-18-26-36(38)30(7)8;;;;;;/h9-31H,1-8H3;11-30H,1-10H3;4*1H;;/q;;;;;;2*+2/p-4. The van der Waals surface area contributed by atoms with Crippen LogP contribution in [0.1, 0.15) is 225 Å². The molecule has 0 saturated carbocycles. The summed E-state index contributed by atoms with van der Waals surface area (Å²) >= 11 is 5.89. The molecule has 0 N–H and O–H groups in total. The van der Waals surface area contributed by atoms with Crippen LogP contribution in [0, 0.1) is 0 Å². The summed E-state index contributed by atoms with van der Waals surface area (Å²) < 4.78 is 0. The number of para-hydroxylation sites is 5. The Morgan fingerprint density at radius 1 is 0.340 bits per heavy atom. The van der Waals surface area contributed by atoms with Gasteiger partial charge in [-0.05, 0) is 128 Å². The molecule has 0 bridgehead atoms. The van der Waals surface area contributed by atoms with Crippen LogP contribution in [0.4, 0.5) is 28.4 Å². The third kappa shape index (κ3) is 21.9. The number of aromatic nitrogens is 2. The van der Waals surface area contributed by atoms with Gasteiger partial charge in [0.25, 0.3) is 0 Å². The SMILES string of the molecule is CC(C)c1cccc(C(C)C)c1N=C(c1ccccc1)N(C(=Nc1c(C(C)C)cccc1C(C)C)c1ccccc1)N(C)C.CC(C)c1cccc(C(C)C)c1N=C(c1cccnc1)N(C(=Nc1c(C(C)C)cccc1C(C)C)c1cccnc1)c1ccccc1.[Br][Ni][Br].[Cl][Pd][Cl]. The molecule has 518 valence electrons. The van der Waals surface area contributed by atoms with E-state index in [2.05, 4.69) is 348 Å². The number of rotatable bonds is 18. The van der Waals surface area contributed by atoms with Gasteiger partial charge in [-0.25, -0.2) is 30.0 Å². The number of halogens is 4. The Kier molecular flexibility index (Phi) is 33.0. The zero-order valence-corrected chi connectivity index (χ0v) is 66.7. The number of hydrazine groups is 1. The molecule has 7 aromatic carbocycles. The zero-order chi connectivity index (χ0) is 70.9. The Balaban J connectivity index is 0.000000284. The average molecular weight is 1600 g/mol. The Bertz CT molecular complexity index is 3660. The van der Waals surface area contributed by atoms with E-state index < -0.39 is 0 Å². The summed E-state index contributed by atoms with van der Waals surface area (Å²) in [6, 6.07) is 65.9. The fourth-order valence-corrected chi connectivity index (χ4v) is 11.5. The van der Waals surface area contributed by atoms with Crippen molar-refractivity contribution in [3.8, 4) is 0 Å². The summed E-state index contributed by atoms with van der Waals surface area (Å²) in [5, 5.41) is 4.30. The summed E-state index contributed by atoms with van der Waals surface area (Å²) in [4.78, 5) is 33.9. The van der Waals surface area contributed by atoms with E-state index in [1.54, 1.807) is 12.4 Å². The third-order valence-electron chi connectivity index (χ3n) is 16.4. The number of hydrogen-bond acceptors (Lipinski definition) is 7. The number of aliphatic imine (C=N–C) groups is 4. The molecule has 2 heterocycles. The van der Waals surface area contributed by atoms with Gasteiger partial charge >= 0.3 is 74.3 Å². The van der Waals surface area contributed by atoms with E-state index in [0.717, 1.165) is 74.0 Å². The van der Waals surface area contributed by atoms with Gasteiger partial charge in [0.15, 0.2) is 11.7 Å². The minimum absolute atomic E-state index is 0.106. The van der Waals surface area contributed by atoms with Crippen LogP contribution in [0.3, 0.4) is 0 Å². The first kappa shape index (κ1) is 79.8. The number of hydrogen-bond donors (Lipinski definition) is 0. The van der Waals surface area contributed by atoms with Gasteiger partial charge in [-0.15, -0.1) is 0 Å². The molecule has 0 radical (unpaired) electrons. The Hall–Kier alpha value is -6.22. The second kappa shape index (κ2) is 40.1. The molecule has 0 aliphatic rings. The Labute approximate surface area is 617 Å². The molecule has 0 saturated heterocycles. The average Bonchev–Trinajstić information content (AvgIpc) is 0.784. The first-order valence-corrected chi connectivity index (χ1v) is 42.1. The van der Waals surface area contributed by atoms with Crippen molar-refractivity contribution in [1.29, 1.82) is 0 Å². The third-order valence-corrected chi connectivity index (χ3v) is 16.4. The predicted octanol–water partition coefficient (Wildman–Crippen LogP) is 25.2. The van der Waals surface area contributed by atoms with Crippen molar-refractivity contribution >= 4 is 99.3 Å². The molecule has 0 unspecified atom stereocenters. The van der Waals surface area contributed by atoms with Crippen LogP contribution >= 0.6 is 47.5 Å². The number of anilines is 1. The van der Waals surface area contributed by atoms with Crippen LogP contribution < -0.4 is 4.90 Å². The van der Waals surface area contributed by atoms with Crippen LogP contribution in [-0.4, -0.2) is 57.4 Å². The predicted molar refractivity (Wildman–Crippen MR) is 419 cm³/mol. The second-order valence-electron chi connectivity index (χ2n) is 26.3. The van der Waals surface area contributed by atoms with Crippen molar-refractivity contribution in [1.82, 2.24) is 20.0 Å². The summed E-state index contributed by atoms with van der Waals surface area (Å²) in [5.74, 6) is 5.59. The Morgan fingerprint density at radius 2 is 0.567 bits per heavy atom. The molecule has 9 aromatic rings. The molecule has 9 rings (SSSR count). The van der Waals surface area contributed by atoms with E-state index in [1.165, 1.54) is 55.4 Å². The second-order valence-corrected chi connectivity index (χ2v) is 33.6. The van der Waals surface area contributed by atoms with Gasteiger partial charge in [-0.1, -0.05) is 262 Å². The van der Waals surface area contributed by atoms with Crippen LogP contribution in [0.2, 0.25) is 0 Å². The maximum absolute atomic E-state index is 5.65. The molecule has 2 aromatic heterocycles. The van der Waals surface area contributed by atoms with Crippen molar-refractivity contribution < 1.29 is 26.8 Å². The number of nitrogens with zero attached hydrogens (tertiary/aromatic N) is 9. The summed E-state index contributed by atoms with van der Waals surface area (Å²) in [6.45, 7) is 35.8. The molecule has 0 amide bonds. The summed E-state index contributed by atoms with van der Waals surface area (Å²) in [6.07, 6.45) is 7.40. The normalized spacial score (nSPS) is 12.2. The van der Waals surface area contributed by atoms with Crippen molar-refractivity contribution in [2.24, 2.45) is 20.0 Å². The molecule has 0 fully saturated rings.